The first-order valence-corrected chi connectivity index (χ1v) is 20.9. The van der Waals surface area contributed by atoms with Crippen molar-refractivity contribution in [3.63, 3.8) is 0 Å². The van der Waals surface area contributed by atoms with Crippen molar-refractivity contribution >= 4 is 21.5 Å². The van der Waals surface area contributed by atoms with E-state index >= 15 is 0 Å². The van der Waals surface area contributed by atoms with Gasteiger partial charge in [0.25, 0.3) is 0 Å². The van der Waals surface area contributed by atoms with Crippen LogP contribution in [0.4, 0.5) is 0 Å². The van der Waals surface area contributed by atoms with E-state index in [-0.39, 0.29) is 16.2 Å². The van der Waals surface area contributed by atoms with Gasteiger partial charge in [-0.05, 0) is 162 Å². The van der Waals surface area contributed by atoms with Crippen LogP contribution in [0.15, 0.2) is 121 Å². The van der Waals surface area contributed by atoms with Crippen LogP contribution >= 0.6 is 0 Å². The lowest BCUT2D eigenvalue weighted by Gasteiger charge is -2.31. The van der Waals surface area contributed by atoms with E-state index in [0.717, 1.165) is 0 Å². The molecule has 0 saturated carbocycles. The van der Waals surface area contributed by atoms with E-state index in [1.165, 1.54) is 133 Å². The average molecular weight is 735 g/mol. The Bertz CT molecular complexity index is 3120. The van der Waals surface area contributed by atoms with E-state index in [9.17, 15) is 0 Å². The maximum absolute atomic E-state index is 2.64. The molecule has 0 atom stereocenters. The van der Waals surface area contributed by atoms with E-state index in [1.54, 1.807) is 0 Å². The van der Waals surface area contributed by atoms with Crippen LogP contribution < -0.4 is 0 Å². The molecule has 0 aliphatic heterocycles. The monoisotopic (exact) mass is 734 g/mol. The maximum atomic E-state index is 2.64. The van der Waals surface area contributed by atoms with Crippen molar-refractivity contribution in [3.05, 3.63) is 177 Å². The Kier molecular flexibility index (Phi) is 6.80. The number of hydrogen-bond acceptors (Lipinski definition) is 0. The normalized spacial score (nSPS) is 16.0. The summed E-state index contributed by atoms with van der Waals surface area (Å²) in [6, 6.07) is 47.1. The molecule has 8 aromatic carbocycles. The lowest BCUT2D eigenvalue weighted by molar-refractivity contribution is 0.636. The van der Waals surface area contributed by atoms with Crippen LogP contribution in [0.25, 0.3) is 77.2 Å². The van der Waals surface area contributed by atoms with E-state index < -0.39 is 0 Å². The second kappa shape index (κ2) is 11.2. The zero-order valence-corrected chi connectivity index (χ0v) is 35.0. The number of fused-ring (bicyclic) bond motifs is 14. The molecule has 8 aromatic rings. The molecule has 0 bridgehead atoms. The van der Waals surface area contributed by atoms with Crippen LogP contribution in [0.3, 0.4) is 0 Å². The Morgan fingerprint density at radius 2 is 0.684 bits per heavy atom. The summed E-state index contributed by atoms with van der Waals surface area (Å²) in [5, 5.41) is 5.30. The minimum Gasteiger partial charge on any atom is -0.0619 e. The van der Waals surface area contributed by atoms with Gasteiger partial charge in [-0.3, -0.25) is 0 Å². The van der Waals surface area contributed by atoms with Crippen LogP contribution in [-0.2, 0) is 16.2 Å². The Hall–Kier alpha value is -5.72. The van der Waals surface area contributed by atoms with Crippen molar-refractivity contribution in [3.8, 4) is 55.6 Å². The third-order valence-electron chi connectivity index (χ3n) is 14.5. The van der Waals surface area contributed by atoms with Gasteiger partial charge in [-0.25, -0.2) is 0 Å². The van der Waals surface area contributed by atoms with Crippen LogP contribution in [0.2, 0.25) is 0 Å². The SMILES string of the molecule is Cc1ccc(-c2c3ccccc3c(-c3ccc(C)cc3C)c3cc4c(cc23)-c2c3c(c5c(c2C4(C)C)-c2ccccc2C5(C)C)-c2ccccc2C3(C)C)c(C)c1. The molecule has 0 fully saturated rings. The standard InChI is InChI=1S/C57H50/c1-31-23-25-35(33(3)27-31)47-37-17-11-12-18-38(37)48(36-26-24-32(2)28-34(36)4)42-30-46-43(29-41(42)47)51-53-49(39-19-13-16-22-45(39)56(53,7)8)52-50(54(51)57(46,9)10)40-20-14-15-21-44(40)55(52,5)6/h11-30H,1-10H3. The van der Waals surface area contributed by atoms with Crippen molar-refractivity contribution in [2.75, 3.05) is 0 Å². The second-order valence-corrected chi connectivity index (χ2v) is 19.1. The summed E-state index contributed by atoms with van der Waals surface area (Å²) < 4.78 is 0. The predicted molar refractivity (Wildman–Crippen MR) is 244 cm³/mol. The van der Waals surface area contributed by atoms with Gasteiger partial charge in [0.2, 0.25) is 0 Å². The molecule has 57 heavy (non-hydrogen) atoms. The smallest absolute Gasteiger partial charge is 0.0165 e. The van der Waals surface area contributed by atoms with Gasteiger partial charge in [0.1, 0.15) is 0 Å². The Balaban J connectivity index is 1.37. The summed E-state index contributed by atoms with van der Waals surface area (Å²) >= 11 is 0. The van der Waals surface area contributed by atoms with Crippen molar-refractivity contribution < 1.29 is 0 Å². The van der Waals surface area contributed by atoms with Gasteiger partial charge in [-0.2, -0.15) is 0 Å². The van der Waals surface area contributed by atoms with Crippen LogP contribution in [0.1, 0.15) is 97.2 Å². The lowest BCUT2D eigenvalue weighted by Crippen LogP contribution is -2.22. The zero-order chi connectivity index (χ0) is 39.5. The minimum absolute atomic E-state index is 0.141. The summed E-state index contributed by atoms with van der Waals surface area (Å²) in [6.07, 6.45) is 0. The number of hydrogen-bond donors (Lipinski definition) is 0. The first kappa shape index (κ1) is 34.5. The fourth-order valence-electron chi connectivity index (χ4n) is 12.0. The molecular formula is C57H50. The first-order valence-electron chi connectivity index (χ1n) is 20.9. The molecule has 0 heterocycles. The van der Waals surface area contributed by atoms with Crippen molar-refractivity contribution in [2.45, 2.75) is 85.5 Å². The molecule has 278 valence electrons. The third-order valence-corrected chi connectivity index (χ3v) is 14.5. The maximum Gasteiger partial charge on any atom is 0.0165 e. The largest absolute Gasteiger partial charge is 0.0619 e. The molecular weight excluding hydrogens is 685 g/mol. The van der Waals surface area contributed by atoms with Crippen molar-refractivity contribution in [2.24, 2.45) is 0 Å². The second-order valence-electron chi connectivity index (χ2n) is 19.1. The summed E-state index contributed by atoms with van der Waals surface area (Å²) in [7, 11) is 0. The molecule has 0 radical (unpaired) electrons. The van der Waals surface area contributed by atoms with E-state index in [4.69, 9.17) is 0 Å². The van der Waals surface area contributed by atoms with Gasteiger partial charge in [0, 0.05) is 16.2 Å². The average Bonchev–Trinajstić information content (AvgIpc) is 3.66. The Morgan fingerprint density at radius 1 is 0.298 bits per heavy atom. The quantitative estimate of drug-likeness (QED) is 0.155. The lowest BCUT2D eigenvalue weighted by atomic mass is 9.71. The molecule has 0 nitrogen and oxygen atoms in total. The molecule has 0 amide bonds. The Labute approximate surface area is 338 Å². The summed E-state index contributed by atoms with van der Waals surface area (Å²) in [5.41, 5.74) is 27.4. The van der Waals surface area contributed by atoms with Gasteiger partial charge < -0.3 is 0 Å². The van der Waals surface area contributed by atoms with E-state index in [2.05, 4.69) is 191 Å². The highest BCUT2D eigenvalue weighted by Gasteiger charge is 2.52. The molecule has 3 aliphatic carbocycles. The third kappa shape index (κ3) is 4.29. The molecule has 0 spiro atoms. The molecule has 0 saturated heterocycles. The number of benzene rings is 8. The molecule has 0 heteroatoms. The highest BCUT2D eigenvalue weighted by molar-refractivity contribution is 6.23. The fraction of sp³-hybridized carbons (Fsp3) is 0.228. The molecule has 3 aliphatic rings. The van der Waals surface area contributed by atoms with E-state index in [0.29, 0.717) is 0 Å². The van der Waals surface area contributed by atoms with Gasteiger partial charge >= 0.3 is 0 Å². The fourth-order valence-corrected chi connectivity index (χ4v) is 12.0. The minimum atomic E-state index is -0.248. The topological polar surface area (TPSA) is 0 Å². The Morgan fingerprint density at radius 3 is 1.14 bits per heavy atom. The molecule has 0 aromatic heterocycles. The van der Waals surface area contributed by atoms with Crippen molar-refractivity contribution in [1.29, 1.82) is 0 Å². The van der Waals surface area contributed by atoms with Gasteiger partial charge in [-0.15, -0.1) is 0 Å². The summed E-state index contributed by atoms with van der Waals surface area (Å²) in [4.78, 5) is 0. The van der Waals surface area contributed by atoms with Crippen LogP contribution in [0.5, 0.6) is 0 Å². The summed E-state index contributed by atoms with van der Waals surface area (Å²) in [5.74, 6) is 0. The summed E-state index contributed by atoms with van der Waals surface area (Å²) in [6.45, 7) is 23.9. The predicted octanol–water partition coefficient (Wildman–Crippen LogP) is 15.5. The molecule has 0 unspecified atom stereocenters. The van der Waals surface area contributed by atoms with Crippen LogP contribution in [-0.4, -0.2) is 0 Å². The van der Waals surface area contributed by atoms with Gasteiger partial charge in [0.15, 0.2) is 0 Å². The van der Waals surface area contributed by atoms with Gasteiger partial charge in [0.05, 0.1) is 0 Å². The molecule has 11 rings (SSSR count). The van der Waals surface area contributed by atoms with Crippen molar-refractivity contribution in [1.82, 2.24) is 0 Å². The number of rotatable bonds is 2. The van der Waals surface area contributed by atoms with Gasteiger partial charge in [-0.1, -0.05) is 162 Å². The zero-order valence-electron chi connectivity index (χ0n) is 35.0. The molecule has 0 N–H and O–H groups in total. The van der Waals surface area contributed by atoms with Crippen LogP contribution in [0, 0.1) is 27.7 Å². The number of aryl methyl sites for hydroxylation is 4. The highest BCUT2D eigenvalue weighted by atomic mass is 14.5. The first-order chi connectivity index (χ1) is 27.2. The van der Waals surface area contributed by atoms with E-state index in [1.807, 2.05) is 0 Å². The highest BCUT2D eigenvalue weighted by Crippen LogP contribution is 2.68.